The molecule has 0 unspecified atom stereocenters. The van der Waals surface area contributed by atoms with E-state index in [1.54, 1.807) is 31.8 Å². The van der Waals surface area contributed by atoms with Crippen LogP contribution < -0.4 is 19.7 Å². The van der Waals surface area contributed by atoms with Crippen molar-refractivity contribution in [2.45, 2.75) is 50.2 Å². The van der Waals surface area contributed by atoms with Crippen LogP contribution in [0.5, 0.6) is 11.5 Å². The zero-order valence-electron chi connectivity index (χ0n) is 23.7. The third-order valence-electron chi connectivity index (χ3n) is 8.67. The highest BCUT2D eigenvalue weighted by molar-refractivity contribution is 6.13. The zero-order chi connectivity index (χ0) is 28.4. The van der Waals surface area contributed by atoms with Crippen molar-refractivity contribution in [3.05, 3.63) is 89.9 Å². The van der Waals surface area contributed by atoms with E-state index in [1.165, 1.54) is 0 Å². The predicted molar refractivity (Wildman–Crippen MR) is 161 cm³/mol. The summed E-state index contributed by atoms with van der Waals surface area (Å²) in [6.45, 7) is 2.42. The van der Waals surface area contributed by atoms with Crippen molar-refractivity contribution in [1.29, 1.82) is 5.41 Å². The van der Waals surface area contributed by atoms with E-state index in [9.17, 15) is 4.79 Å². The molecule has 1 spiro atoms. The summed E-state index contributed by atoms with van der Waals surface area (Å²) in [5, 5.41) is 12.1. The number of aromatic nitrogens is 1. The fourth-order valence-electron chi connectivity index (χ4n) is 6.10. The molecule has 3 aliphatic rings. The number of nitrogens with zero attached hydrogens (tertiary/aromatic N) is 3. The molecule has 0 radical (unpaired) electrons. The molecule has 1 amide bonds. The van der Waals surface area contributed by atoms with Gasteiger partial charge < -0.3 is 30.0 Å². The summed E-state index contributed by atoms with van der Waals surface area (Å²) in [6.07, 6.45) is 11.6. The minimum Gasteiger partial charge on any atom is -0.497 e. The van der Waals surface area contributed by atoms with Crippen LogP contribution in [0.25, 0.3) is 0 Å². The van der Waals surface area contributed by atoms with Crippen molar-refractivity contribution >= 4 is 23.0 Å². The summed E-state index contributed by atoms with van der Waals surface area (Å²) in [5.74, 6) is 1.64. The van der Waals surface area contributed by atoms with Crippen molar-refractivity contribution in [3.63, 3.8) is 0 Å². The van der Waals surface area contributed by atoms with E-state index in [0.29, 0.717) is 18.0 Å². The third kappa shape index (κ3) is 5.32. The minimum absolute atomic E-state index is 0.0690. The third-order valence-corrected chi connectivity index (χ3v) is 8.67. The summed E-state index contributed by atoms with van der Waals surface area (Å²) >= 11 is 0. The Morgan fingerprint density at radius 1 is 1.12 bits per heavy atom. The van der Waals surface area contributed by atoms with Crippen LogP contribution >= 0.6 is 0 Å². The summed E-state index contributed by atoms with van der Waals surface area (Å²) in [6, 6.07) is 15.7. The molecule has 0 bridgehead atoms. The van der Waals surface area contributed by atoms with Crippen LogP contribution in [-0.4, -0.2) is 54.9 Å². The Bertz CT molecular complexity index is 1440. The summed E-state index contributed by atoms with van der Waals surface area (Å²) < 4.78 is 12.1. The van der Waals surface area contributed by atoms with Gasteiger partial charge in [-0.2, -0.15) is 0 Å². The number of piperidine rings is 1. The van der Waals surface area contributed by atoms with E-state index in [-0.39, 0.29) is 12.0 Å². The Morgan fingerprint density at radius 2 is 1.85 bits per heavy atom. The maximum atomic E-state index is 14.1. The number of methoxy groups -OCH3 is 1. The maximum absolute atomic E-state index is 14.1. The lowest BCUT2D eigenvalue weighted by Crippen LogP contribution is -2.44. The molecule has 1 aliphatic carbocycles. The van der Waals surface area contributed by atoms with Gasteiger partial charge in [-0.1, -0.05) is 18.6 Å². The summed E-state index contributed by atoms with van der Waals surface area (Å²) in [7, 11) is 3.79. The highest BCUT2D eigenvalue weighted by atomic mass is 16.5. The fraction of sp³-hybridized carbons (Fsp3) is 0.364. The van der Waals surface area contributed by atoms with E-state index in [1.807, 2.05) is 47.4 Å². The average molecular weight is 552 g/mol. The first kappa shape index (κ1) is 27.0. The Labute approximate surface area is 241 Å². The second kappa shape index (κ2) is 11.4. The number of amides is 1. The van der Waals surface area contributed by atoms with Gasteiger partial charge >= 0.3 is 0 Å². The maximum Gasteiger partial charge on any atom is 0.238 e. The Balaban J connectivity index is 1.36. The monoisotopic (exact) mass is 551 g/mol. The number of hydrogen-bond donors (Lipinski definition) is 2. The van der Waals surface area contributed by atoms with Gasteiger partial charge in [0.1, 0.15) is 17.6 Å². The molecule has 6 rings (SSSR count). The lowest BCUT2D eigenvalue weighted by Gasteiger charge is -2.37. The number of pyridine rings is 1. The van der Waals surface area contributed by atoms with Crippen molar-refractivity contribution in [1.82, 2.24) is 9.88 Å². The smallest absolute Gasteiger partial charge is 0.238 e. The van der Waals surface area contributed by atoms with Gasteiger partial charge in [-0.15, -0.1) is 0 Å². The molecule has 1 saturated carbocycles. The van der Waals surface area contributed by atoms with Crippen molar-refractivity contribution in [2.24, 2.45) is 0 Å². The van der Waals surface area contributed by atoms with Gasteiger partial charge in [0.25, 0.3) is 0 Å². The largest absolute Gasteiger partial charge is 0.497 e. The number of benzene rings is 2. The predicted octanol–water partition coefficient (Wildman–Crippen LogP) is 5.53. The van der Waals surface area contributed by atoms with Crippen LogP contribution in [-0.2, 0) is 16.8 Å². The summed E-state index contributed by atoms with van der Waals surface area (Å²) in [5.41, 5.74) is 4.39. The molecule has 2 fully saturated rings. The normalized spacial score (nSPS) is 18.4. The van der Waals surface area contributed by atoms with Gasteiger partial charge in [0, 0.05) is 42.9 Å². The second-order valence-corrected chi connectivity index (χ2v) is 11.3. The van der Waals surface area contributed by atoms with Crippen LogP contribution in [0, 0.1) is 5.41 Å². The molecule has 8 nitrogen and oxygen atoms in total. The SMILES string of the molecule is COc1ccc(CN2C(=O)C3(CCC3)c3cc(C(=N)/C=C\Nc4ccncc4)cc(OC4CCN(C)CC4)c32)cc1. The number of anilines is 2. The lowest BCUT2D eigenvalue weighted by atomic mass is 9.65. The number of ether oxygens (including phenoxy) is 2. The van der Waals surface area contributed by atoms with Gasteiger partial charge in [0.15, 0.2) is 0 Å². The van der Waals surface area contributed by atoms with E-state index in [4.69, 9.17) is 14.9 Å². The topological polar surface area (TPSA) is 90.8 Å². The van der Waals surface area contributed by atoms with Gasteiger partial charge in [-0.05, 0) is 86.3 Å². The average Bonchev–Trinajstić information content (AvgIpc) is 3.23. The molecular weight excluding hydrogens is 514 g/mol. The van der Waals surface area contributed by atoms with Crippen LogP contribution in [0.3, 0.4) is 0 Å². The zero-order valence-corrected chi connectivity index (χ0v) is 23.7. The molecule has 1 aromatic heterocycles. The molecule has 212 valence electrons. The molecule has 2 N–H and O–H groups in total. The standard InChI is InChI=1S/C33H37N5O3/c1-37-18-11-27(12-19-37)41-30-21-24(29(34)10-17-36-25-8-15-35-16-9-25)20-28-31(30)38(32(39)33(28)13-3-14-33)22-23-4-6-26(40-2)7-5-23/h4-10,15-17,20-21,27,34H,3,11-14,18-19,22H2,1-2H3,(H,35,36)/b17-10-,34-29?. The van der Waals surface area contributed by atoms with Crippen molar-refractivity contribution in [2.75, 3.05) is 37.5 Å². The second-order valence-electron chi connectivity index (χ2n) is 11.3. The molecule has 1 saturated heterocycles. The van der Waals surface area contributed by atoms with Crippen LogP contribution in [0.4, 0.5) is 11.4 Å². The van der Waals surface area contributed by atoms with Gasteiger partial charge in [0.05, 0.1) is 30.5 Å². The summed E-state index contributed by atoms with van der Waals surface area (Å²) in [4.78, 5) is 22.4. The first-order chi connectivity index (χ1) is 20.0. The van der Waals surface area contributed by atoms with E-state index < -0.39 is 5.41 Å². The Morgan fingerprint density at radius 3 is 2.51 bits per heavy atom. The van der Waals surface area contributed by atoms with E-state index >= 15 is 0 Å². The lowest BCUT2D eigenvalue weighted by molar-refractivity contribution is -0.126. The molecule has 41 heavy (non-hydrogen) atoms. The molecule has 2 aliphatic heterocycles. The fourth-order valence-corrected chi connectivity index (χ4v) is 6.10. The molecular formula is C33H37N5O3. The van der Waals surface area contributed by atoms with Crippen molar-refractivity contribution in [3.8, 4) is 11.5 Å². The first-order valence-corrected chi connectivity index (χ1v) is 14.4. The number of carbonyl (C=O) groups is 1. The van der Waals surface area contributed by atoms with Crippen LogP contribution in [0.2, 0.25) is 0 Å². The van der Waals surface area contributed by atoms with Crippen molar-refractivity contribution < 1.29 is 14.3 Å². The van der Waals surface area contributed by atoms with Crippen LogP contribution in [0.1, 0.15) is 48.8 Å². The van der Waals surface area contributed by atoms with Gasteiger partial charge in [-0.3, -0.25) is 9.78 Å². The Hall–Kier alpha value is -4.17. The molecule has 3 aromatic rings. The number of allylic oxidation sites excluding steroid dienone is 1. The van der Waals surface area contributed by atoms with Gasteiger partial charge in [0.2, 0.25) is 5.91 Å². The first-order valence-electron chi connectivity index (χ1n) is 14.4. The van der Waals surface area contributed by atoms with Crippen LogP contribution in [0.15, 0.2) is 73.2 Å². The molecule has 0 atom stereocenters. The number of likely N-dealkylation sites (tertiary alicyclic amines) is 1. The van der Waals surface area contributed by atoms with Gasteiger partial charge in [-0.25, -0.2) is 0 Å². The number of hydrogen-bond acceptors (Lipinski definition) is 7. The number of nitrogens with one attached hydrogen (secondary N) is 2. The van der Waals surface area contributed by atoms with E-state index in [0.717, 1.165) is 79.0 Å². The quantitative estimate of drug-likeness (QED) is 0.340. The minimum atomic E-state index is -0.540. The number of fused-ring (bicyclic) bond motifs is 2. The molecule has 2 aromatic carbocycles. The molecule has 8 heteroatoms. The number of carbonyl (C=O) groups excluding carboxylic acids is 1. The Kier molecular flexibility index (Phi) is 7.49. The van der Waals surface area contributed by atoms with E-state index in [2.05, 4.69) is 28.3 Å². The number of rotatable bonds is 9. The highest BCUT2D eigenvalue weighted by Gasteiger charge is 2.55. The highest BCUT2D eigenvalue weighted by Crippen LogP contribution is 2.57. The molecule has 3 heterocycles.